The quantitative estimate of drug-likeness (QED) is 0.676. The number of hydrazine groups is 2. The van der Waals surface area contributed by atoms with Gasteiger partial charge in [0.05, 0.1) is 17.4 Å². The molecule has 0 radical (unpaired) electrons. The lowest BCUT2D eigenvalue weighted by atomic mass is 9.87. The summed E-state index contributed by atoms with van der Waals surface area (Å²) >= 11 is 7.17. The Morgan fingerprint density at radius 2 is 1.48 bits per heavy atom. The van der Waals surface area contributed by atoms with Crippen LogP contribution < -0.4 is 10.4 Å². The first-order chi connectivity index (χ1) is 11.2. The second-order valence-corrected chi connectivity index (χ2v) is 8.08. The molecule has 2 aliphatic heterocycles. The van der Waals surface area contributed by atoms with Gasteiger partial charge in [0.25, 0.3) is 0 Å². The molecule has 1 N–H and O–H groups in total. The van der Waals surface area contributed by atoms with Gasteiger partial charge in [0.2, 0.25) is 0 Å². The van der Waals surface area contributed by atoms with E-state index in [0.29, 0.717) is 12.1 Å². The number of nitrogens with zero attached hydrogens (tertiary/aromatic N) is 2. The molecule has 5 heteroatoms. The summed E-state index contributed by atoms with van der Waals surface area (Å²) in [4.78, 5) is 0. The van der Waals surface area contributed by atoms with Crippen LogP contribution in [-0.4, -0.2) is 17.2 Å². The van der Waals surface area contributed by atoms with Crippen molar-refractivity contribution in [3.8, 4) is 0 Å². The van der Waals surface area contributed by atoms with Crippen molar-refractivity contribution < 1.29 is 0 Å². The third-order valence-electron chi connectivity index (χ3n) is 4.73. The average molecular weight is 437 g/mol. The summed E-state index contributed by atoms with van der Waals surface area (Å²) < 4.78 is 2.22. The van der Waals surface area contributed by atoms with Gasteiger partial charge in [-0.25, -0.2) is 0 Å². The minimum atomic E-state index is 0.554. The number of hydrogen-bond donors (Lipinski definition) is 1. The lowest BCUT2D eigenvalue weighted by Crippen LogP contribution is -2.63. The van der Waals surface area contributed by atoms with Gasteiger partial charge in [0, 0.05) is 15.0 Å². The lowest BCUT2D eigenvalue weighted by molar-refractivity contribution is 0.0799. The predicted octanol–water partition coefficient (Wildman–Crippen LogP) is 5.59. The molecule has 2 aromatic rings. The Morgan fingerprint density at radius 3 is 2.17 bits per heavy atom. The molecular weight excluding hydrogens is 418 g/mol. The van der Waals surface area contributed by atoms with E-state index in [1.54, 1.807) is 0 Å². The van der Waals surface area contributed by atoms with Crippen molar-refractivity contribution >= 4 is 43.2 Å². The Labute approximate surface area is 153 Å². The fourth-order valence-electron chi connectivity index (χ4n) is 3.69. The van der Waals surface area contributed by atoms with Crippen molar-refractivity contribution in [2.75, 3.05) is 10.4 Å². The number of anilines is 2. The van der Waals surface area contributed by atoms with Crippen molar-refractivity contribution in [3.05, 3.63) is 57.5 Å². The first kappa shape index (κ1) is 15.5. The molecule has 1 aliphatic carbocycles. The molecule has 3 nitrogen and oxygen atoms in total. The van der Waals surface area contributed by atoms with Crippen molar-refractivity contribution in [1.82, 2.24) is 5.12 Å². The van der Waals surface area contributed by atoms with E-state index in [2.05, 4.69) is 95.9 Å². The first-order valence-corrected chi connectivity index (χ1v) is 9.65. The predicted molar refractivity (Wildman–Crippen MR) is 102 cm³/mol. The van der Waals surface area contributed by atoms with Gasteiger partial charge in [-0.3, -0.25) is 5.01 Å². The summed E-state index contributed by atoms with van der Waals surface area (Å²) in [5.74, 6) is 0. The zero-order valence-corrected chi connectivity index (χ0v) is 15.9. The Balaban J connectivity index is 1.67. The maximum absolute atomic E-state index is 3.64. The van der Waals surface area contributed by atoms with Crippen LogP contribution in [0.5, 0.6) is 0 Å². The first-order valence-electron chi connectivity index (χ1n) is 8.07. The highest BCUT2D eigenvalue weighted by Crippen LogP contribution is 2.39. The SMILES string of the molecule is Brc1cccc(NN2C3CCC(CC3)N2c2cccc(Br)c2)c1. The van der Waals surface area contributed by atoms with Gasteiger partial charge in [-0.15, -0.1) is 5.12 Å². The van der Waals surface area contributed by atoms with E-state index >= 15 is 0 Å². The minimum absolute atomic E-state index is 0.554. The Bertz CT molecular complexity index is 698. The van der Waals surface area contributed by atoms with E-state index in [1.807, 2.05) is 0 Å². The molecule has 2 bridgehead atoms. The van der Waals surface area contributed by atoms with Crippen LogP contribution in [0.3, 0.4) is 0 Å². The van der Waals surface area contributed by atoms with E-state index in [4.69, 9.17) is 0 Å². The van der Waals surface area contributed by atoms with Crippen molar-refractivity contribution in [2.45, 2.75) is 37.8 Å². The fourth-order valence-corrected chi connectivity index (χ4v) is 4.47. The molecular formula is C18H19Br2N3. The smallest absolute Gasteiger partial charge is 0.0554 e. The van der Waals surface area contributed by atoms with E-state index in [9.17, 15) is 0 Å². The van der Waals surface area contributed by atoms with Gasteiger partial charge < -0.3 is 5.43 Å². The Morgan fingerprint density at radius 1 is 0.826 bits per heavy atom. The van der Waals surface area contributed by atoms with Crippen molar-refractivity contribution in [1.29, 1.82) is 0 Å². The highest BCUT2D eigenvalue weighted by Gasteiger charge is 2.40. The van der Waals surface area contributed by atoms with Crippen LogP contribution in [0.4, 0.5) is 11.4 Å². The van der Waals surface area contributed by atoms with Crippen LogP contribution in [0, 0.1) is 0 Å². The monoisotopic (exact) mass is 435 g/mol. The van der Waals surface area contributed by atoms with Crippen LogP contribution in [0.25, 0.3) is 0 Å². The summed E-state index contributed by atoms with van der Waals surface area (Å²) in [5, 5.41) is 4.80. The molecule has 0 amide bonds. The minimum Gasteiger partial charge on any atom is -0.301 e. The molecule has 0 aromatic heterocycles. The van der Waals surface area contributed by atoms with Crippen molar-refractivity contribution in [2.24, 2.45) is 0 Å². The standard InChI is InChI=1S/C18H19Br2N3/c19-13-3-1-5-15(11-13)21-23-17-9-7-16(8-10-17)22(23)18-6-2-4-14(20)12-18/h1-6,11-12,16-17,21H,7-10H2. The molecule has 0 unspecified atom stereocenters. The molecule has 2 aromatic carbocycles. The van der Waals surface area contributed by atoms with E-state index in [-0.39, 0.29) is 0 Å². The topological polar surface area (TPSA) is 18.5 Å². The largest absolute Gasteiger partial charge is 0.301 e. The summed E-state index contributed by atoms with van der Waals surface area (Å²) in [7, 11) is 0. The second kappa shape index (κ2) is 6.46. The third-order valence-corrected chi connectivity index (χ3v) is 5.72. The van der Waals surface area contributed by atoms with E-state index in [1.165, 1.54) is 31.4 Å². The molecule has 5 rings (SSSR count). The summed E-state index contributed by atoms with van der Waals surface area (Å²) in [6.45, 7) is 0. The van der Waals surface area contributed by atoms with Crippen LogP contribution >= 0.6 is 31.9 Å². The van der Waals surface area contributed by atoms with Gasteiger partial charge in [0.15, 0.2) is 0 Å². The normalized spacial score (nSPS) is 24.0. The fraction of sp³-hybridized carbons (Fsp3) is 0.333. The molecule has 1 saturated carbocycles. The molecule has 23 heavy (non-hydrogen) atoms. The molecule has 3 fully saturated rings. The Kier molecular flexibility index (Phi) is 4.35. The van der Waals surface area contributed by atoms with Crippen LogP contribution in [0.2, 0.25) is 0 Å². The van der Waals surface area contributed by atoms with Gasteiger partial charge in [-0.1, -0.05) is 44.0 Å². The molecule has 3 aliphatic rings. The second-order valence-electron chi connectivity index (χ2n) is 6.25. The maximum Gasteiger partial charge on any atom is 0.0554 e. The molecule has 2 heterocycles. The number of nitrogens with one attached hydrogen (secondary N) is 1. The number of benzene rings is 2. The molecule has 0 atom stereocenters. The summed E-state index contributed by atoms with van der Waals surface area (Å²) in [5.41, 5.74) is 6.00. The number of halogens is 2. The van der Waals surface area contributed by atoms with E-state index < -0.39 is 0 Å². The van der Waals surface area contributed by atoms with Gasteiger partial charge in [-0.05, 0) is 62.1 Å². The number of hydrogen-bond acceptors (Lipinski definition) is 3. The van der Waals surface area contributed by atoms with E-state index in [0.717, 1.165) is 14.6 Å². The molecule has 0 spiro atoms. The molecule has 2 saturated heterocycles. The van der Waals surface area contributed by atoms with Crippen LogP contribution in [-0.2, 0) is 0 Å². The summed E-state index contributed by atoms with van der Waals surface area (Å²) in [6, 6.07) is 18.1. The van der Waals surface area contributed by atoms with Gasteiger partial charge in [0.1, 0.15) is 0 Å². The number of fused-ring (bicyclic) bond motifs is 3. The average Bonchev–Trinajstić information content (AvgIpc) is 2.56. The third kappa shape index (κ3) is 3.14. The van der Waals surface area contributed by atoms with Gasteiger partial charge in [-0.2, -0.15) is 0 Å². The Hall–Kier alpha value is -1.04. The van der Waals surface area contributed by atoms with Crippen LogP contribution in [0.15, 0.2) is 57.5 Å². The van der Waals surface area contributed by atoms with Crippen LogP contribution in [0.1, 0.15) is 25.7 Å². The zero-order chi connectivity index (χ0) is 15.8. The van der Waals surface area contributed by atoms with Gasteiger partial charge >= 0.3 is 0 Å². The number of rotatable bonds is 3. The molecule has 120 valence electrons. The zero-order valence-electron chi connectivity index (χ0n) is 12.8. The highest BCUT2D eigenvalue weighted by molar-refractivity contribution is 9.10. The highest BCUT2D eigenvalue weighted by atomic mass is 79.9. The summed E-state index contributed by atoms with van der Waals surface area (Å²) in [6.07, 6.45) is 5.06. The van der Waals surface area contributed by atoms with Crippen molar-refractivity contribution in [3.63, 3.8) is 0 Å². The lowest BCUT2D eigenvalue weighted by Gasteiger charge is -2.54. The maximum atomic E-state index is 3.64.